The first kappa shape index (κ1) is 27.3. The van der Waals surface area contributed by atoms with E-state index in [1.165, 1.54) is 13.3 Å². The van der Waals surface area contributed by atoms with Crippen molar-refractivity contribution in [3.8, 4) is 0 Å². The molecule has 0 heterocycles. The van der Waals surface area contributed by atoms with Crippen molar-refractivity contribution in [1.29, 1.82) is 0 Å². The van der Waals surface area contributed by atoms with Gasteiger partial charge in [0.25, 0.3) is 0 Å². The zero-order chi connectivity index (χ0) is 25.8. The third-order valence-electron chi connectivity index (χ3n) is 11.3. The standard InChI is InChI=1S/C29H50O6/c1-17(2)7-6-8-18(3)23-14-24(32)26-21-13-25(33)29(34)15-20(31)9-11-27(29,5)22(21)10-12-28(23,26)16-35-19(4)30/h17-18,20-26,31-34H,6-16H2,1-5H3/t18-,20+,21?,22?,23-,24-,25-,26?,27-,28+,29+/m1/s1. The van der Waals surface area contributed by atoms with Crippen LogP contribution in [0.4, 0.5) is 0 Å². The number of rotatable bonds is 7. The van der Waals surface area contributed by atoms with Crippen LogP contribution in [0.3, 0.4) is 0 Å². The van der Waals surface area contributed by atoms with Gasteiger partial charge in [-0.25, -0.2) is 0 Å². The summed E-state index contributed by atoms with van der Waals surface area (Å²) in [5.41, 5.74) is -2.08. The molecule has 0 spiro atoms. The van der Waals surface area contributed by atoms with Gasteiger partial charge in [0.1, 0.15) is 0 Å². The van der Waals surface area contributed by atoms with Gasteiger partial charge < -0.3 is 25.2 Å². The minimum Gasteiger partial charge on any atom is -0.465 e. The molecule has 4 aliphatic carbocycles. The number of carbonyl (C=O) groups is 1. The van der Waals surface area contributed by atoms with Gasteiger partial charge in [0, 0.05) is 24.2 Å². The SMILES string of the molecule is CC(=O)OC[C@]12CCC3C(C[C@@H](O)[C@@]4(O)C[C@@H](O)CC[C@]34C)C1[C@H](O)C[C@@H]2[C@H](C)CCCC(C)C. The molecule has 4 aliphatic rings. The lowest BCUT2D eigenvalue weighted by atomic mass is 9.42. The Hall–Kier alpha value is -0.690. The fourth-order valence-corrected chi connectivity index (χ4v) is 9.54. The summed E-state index contributed by atoms with van der Waals surface area (Å²) in [4.78, 5) is 11.9. The summed E-state index contributed by atoms with van der Waals surface area (Å²) in [7, 11) is 0. The zero-order valence-electron chi connectivity index (χ0n) is 22.6. The zero-order valence-corrected chi connectivity index (χ0v) is 22.6. The molecule has 4 fully saturated rings. The molecule has 0 aromatic heterocycles. The quantitative estimate of drug-likeness (QED) is 0.398. The molecule has 0 saturated heterocycles. The van der Waals surface area contributed by atoms with E-state index in [4.69, 9.17) is 4.74 Å². The maximum atomic E-state index is 11.9. The van der Waals surface area contributed by atoms with Crippen LogP contribution in [0.25, 0.3) is 0 Å². The molecule has 202 valence electrons. The Kier molecular flexibility index (Phi) is 7.72. The number of carbonyl (C=O) groups excluding carboxylic acids is 1. The third-order valence-corrected chi connectivity index (χ3v) is 11.3. The third kappa shape index (κ3) is 4.49. The van der Waals surface area contributed by atoms with Gasteiger partial charge in [-0.2, -0.15) is 0 Å². The molecule has 0 radical (unpaired) electrons. The summed E-state index contributed by atoms with van der Waals surface area (Å²) in [5, 5.41) is 44.9. The highest BCUT2D eigenvalue weighted by molar-refractivity contribution is 5.66. The Morgan fingerprint density at radius 3 is 2.43 bits per heavy atom. The fraction of sp³-hybridized carbons (Fsp3) is 0.966. The summed E-state index contributed by atoms with van der Waals surface area (Å²) in [6.45, 7) is 10.7. The van der Waals surface area contributed by atoms with Crippen LogP contribution in [-0.4, -0.2) is 56.9 Å². The van der Waals surface area contributed by atoms with E-state index in [0.717, 1.165) is 25.7 Å². The van der Waals surface area contributed by atoms with Crippen LogP contribution >= 0.6 is 0 Å². The molecule has 0 aliphatic heterocycles. The number of aliphatic hydroxyl groups is 4. The van der Waals surface area contributed by atoms with Crippen LogP contribution in [0.5, 0.6) is 0 Å². The van der Waals surface area contributed by atoms with Crippen molar-refractivity contribution in [1.82, 2.24) is 0 Å². The van der Waals surface area contributed by atoms with Gasteiger partial charge >= 0.3 is 5.97 Å². The molecule has 6 heteroatoms. The lowest BCUT2D eigenvalue weighted by Gasteiger charge is -2.65. The van der Waals surface area contributed by atoms with Crippen LogP contribution in [0, 0.1) is 46.3 Å². The van der Waals surface area contributed by atoms with Crippen molar-refractivity contribution in [2.24, 2.45) is 46.3 Å². The number of hydrogen-bond acceptors (Lipinski definition) is 6. The highest BCUT2D eigenvalue weighted by Gasteiger charge is 2.70. The monoisotopic (exact) mass is 494 g/mol. The Labute approximate surface area is 211 Å². The van der Waals surface area contributed by atoms with Crippen molar-refractivity contribution < 1.29 is 30.0 Å². The first-order valence-corrected chi connectivity index (χ1v) is 14.3. The van der Waals surface area contributed by atoms with E-state index in [-0.39, 0.29) is 41.5 Å². The summed E-state index contributed by atoms with van der Waals surface area (Å²) < 4.78 is 5.73. The van der Waals surface area contributed by atoms with E-state index in [1.54, 1.807) is 0 Å². The van der Waals surface area contributed by atoms with Gasteiger partial charge in [-0.05, 0) is 74.0 Å². The molecule has 4 rings (SSSR count). The number of esters is 1. The second-order valence-electron chi connectivity index (χ2n) is 13.5. The van der Waals surface area contributed by atoms with E-state index in [0.29, 0.717) is 44.1 Å². The summed E-state index contributed by atoms with van der Waals surface area (Å²) in [5.74, 6) is 1.27. The average molecular weight is 495 g/mol. The largest absolute Gasteiger partial charge is 0.465 e. The molecule has 4 saturated carbocycles. The Bertz CT molecular complexity index is 770. The van der Waals surface area contributed by atoms with Crippen LogP contribution in [0.15, 0.2) is 0 Å². The van der Waals surface area contributed by atoms with Gasteiger partial charge in [-0.1, -0.05) is 47.0 Å². The lowest BCUT2D eigenvalue weighted by molar-refractivity contribution is -0.270. The molecule has 35 heavy (non-hydrogen) atoms. The molecule has 6 nitrogen and oxygen atoms in total. The van der Waals surface area contributed by atoms with E-state index in [9.17, 15) is 25.2 Å². The van der Waals surface area contributed by atoms with E-state index in [1.807, 2.05) is 0 Å². The number of ether oxygens (including phenoxy) is 1. The summed E-state index contributed by atoms with van der Waals surface area (Å²) >= 11 is 0. The predicted molar refractivity (Wildman–Crippen MR) is 134 cm³/mol. The normalized spacial score (nSPS) is 48.1. The van der Waals surface area contributed by atoms with Crippen LogP contribution in [0.1, 0.15) is 98.8 Å². The van der Waals surface area contributed by atoms with Crippen molar-refractivity contribution in [2.75, 3.05) is 6.61 Å². The molecule has 4 N–H and O–H groups in total. The lowest BCUT2D eigenvalue weighted by Crippen LogP contribution is -2.69. The molecule has 0 aromatic rings. The van der Waals surface area contributed by atoms with E-state index in [2.05, 4.69) is 27.7 Å². The van der Waals surface area contributed by atoms with Gasteiger partial charge in [-0.15, -0.1) is 0 Å². The molecular formula is C29H50O6. The number of aliphatic hydroxyl groups excluding tert-OH is 3. The molecule has 0 amide bonds. The maximum Gasteiger partial charge on any atom is 0.302 e. The maximum absolute atomic E-state index is 11.9. The Balaban J connectivity index is 1.66. The van der Waals surface area contributed by atoms with Crippen molar-refractivity contribution in [3.05, 3.63) is 0 Å². The van der Waals surface area contributed by atoms with Gasteiger partial charge in [0.15, 0.2) is 0 Å². The fourth-order valence-electron chi connectivity index (χ4n) is 9.54. The van der Waals surface area contributed by atoms with Gasteiger partial charge in [-0.3, -0.25) is 4.79 Å². The van der Waals surface area contributed by atoms with Gasteiger partial charge in [0.2, 0.25) is 0 Å². The summed E-state index contributed by atoms with van der Waals surface area (Å²) in [6, 6.07) is 0. The Morgan fingerprint density at radius 2 is 1.77 bits per heavy atom. The second-order valence-corrected chi connectivity index (χ2v) is 13.5. The van der Waals surface area contributed by atoms with Crippen LogP contribution in [0.2, 0.25) is 0 Å². The second kappa shape index (κ2) is 9.89. The van der Waals surface area contributed by atoms with Crippen molar-refractivity contribution in [3.63, 3.8) is 0 Å². The van der Waals surface area contributed by atoms with Gasteiger partial charge in [0.05, 0.1) is 30.5 Å². The average Bonchev–Trinajstić information content (AvgIpc) is 3.07. The molecule has 11 atom stereocenters. The first-order valence-electron chi connectivity index (χ1n) is 14.3. The number of hydrogen-bond donors (Lipinski definition) is 4. The van der Waals surface area contributed by atoms with Crippen LogP contribution < -0.4 is 0 Å². The number of fused-ring (bicyclic) bond motifs is 5. The minimum atomic E-state index is -1.30. The topological polar surface area (TPSA) is 107 Å². The Morgan fingerprint density at radius 1 is 1.06 bits per heavy atom. The van der Waals surface area contributed by atoms with E-state index < -0.39 is 29.3 Å². The van der Waals surface area contributed by atoms with E-state index >= 15 is 0 Å². The highest BCUT2D eigenvalue weighted by Crippen LogP contribution is 2.69. The minimum absolute atomic E-state index is 0.0546. The summed E-state index contributed by atoms with van der Waals surface area (Å²) in [6.07, 6.45) is 5.90. The highest BCUT2D eigenvalue weighted by atomic mass is 16.5. The predicted octanol–water partition coefficient (Wildman–Crippen LogP) is 4.07. The molecule has 3 unspecified atom stereocenters. The molecule has 0 aromatic carbocycles. The molecule has 0 bridgehead atoms. The van der Waals surface area contributed by atoms with Crippen molar-refractivity contribution in [2.45, 2.75) is 123 Å². The first-order chi connectivity index (χ1) is 16.4. The smallest absolute Gasteiger partial charge is 0.302 e. The molecular weight excluding hydrogens is 444 g/mol. The van der Waals surface area contributed by atoms with Crippen LogP contribution in [-0.2, 0) is 9.53 Å². The van der Waals surface area contributed by atoms with Crippen molar-refractivity contribution >= 4 is 5.97 Å².